The lowest BCUT2D eigenvalue weighted by Crippen LogP contribution is -2.09. The maximum absolute atomic E-state index is 11.3. The zero-order valence-electron chi connectivity index (χ0n) is 9.30. The molecule has 0 atom stereocenters. The molecule has 0 bridgehead atoms. The molecule has 1 aromatic rings. The molecule has 0 N–H and O–H groups in total. The Labute approximate surface area is 94.4 Å². The molecule has 0 aliphatic carbocycles. The summed E-state index contributed by atoms with van der Waals surface area (Å²) in [5.74, 6) is -0.0997. The molecule has 0 amide bonds. The van der Waals surface area contributed by atoms with Gasteiger partial charge in [0.1, 0.15) is 0 Å². The summed E-state index contributed by atoms with van der Waals surface area (Å²) in [6.07, 6.45) is 1.34. The van der Waals surface area contributed by atoms with Crippen LogP contribution in [0.3, 0.4) is 0 Å². The summed E-state index contributed by atoms with van der Waals surface area (Å²) in [7, 11) is 0. The SMILES string of the molecule is CCOC=C(C)C(=O)OOc1ccccc1. The number of carbonyl (C=O) groups is 1. The molecule has 0 fully saturated rings. The zero-order chi connectivity index (χ0) is 11.8. The maximum atomic E-state index is 11.3. The van der Waals surface area contributed by atoms with E-state index in [-0.39, 0.29) is 0 Å². The molecule has 0 spiro atoms. The Hall–Kier alpha value is -1.97. The van der Waals surface area contributed by atoms with Gasteiger partial charge in [0, 0.05) is 0 Å². The Morgan fingerprint density at radius 1 is 1.31 bits per heavy atom. The van der Waals surface area contributed by atoms with Crippen LogP contribution in [0, 0.1) is 0 Å². The van der Waals surface area contributed by atoms with Crippen LogP contribution in [-0.2, 0) is 14.4 Å². The van der Waals surface area contributed by atoms with Crippen molar-refractivity contribution in [1.29, 1.82) is 0 Å². The maximum Gasteiger partial charge on any atom is 0.384 e. The summed E-state index contributed by atoms with van der Waals surface area (Å²) in [5, 5.41) is 0. The number of hydrogen-bond acceptors (Lipinski definition) is 4. The van der Waals surface area contributed by atoms with Gasteiger partial charge in [0.25, 0.3) is 0 Å². The van der Waals surface area contributed by atoms with Crippen LogP contribution < -0.4 is 4.89 Å². The average Bonchev–Trinajstić information content (AvgIpc) is 2.34. The van der Waals surface area contributed by atoms with Crippen molar-refractivity contribution in [3.05, 3.63) is 42.2 Å². The first kappa shape index (κ1) is 12.1. The van der Waals surface area contributed by atoms with Crippen LogP contribution in [0.4, 0.5) is 0 Å². The predicted octanol–water partition coefficient (Wildman–Crippen LogP) is 2.46. The number of ether oxygens (including phenoxy) is 1. The molecule has 0 heterocycles. The number of benzene rings is 1. The predicted molar refractivity (Wildman–Crippen MR) is 58.5 cm³/mol. The Balaban J connectivity index is 2.41. The van der Waals surface area contributed by atoms with Gasteiger partial charge in [0.2, 0.25) is 0 Å². The highest BCUT2D eigenvalue weighted by Gasteiger charge is 2.08. The van der Waals surface area contributed by atoms with Crippen LogP contribution in [0.5, 0.6) is 5.75 Å². The second-order valence-electron chi connectivity index (χ2n) is 3.02. The van der Waals surface area contributed by atoms with Crippen molar-refractivity contribution in [3.63, 3.8) is 0 Å². The molecule has 1 aromatic carbocycles. The van der Waals surface area contributed by atoms with Gasteiger partial charge in [-0.1, -0.05) is 18.2 Å². The number of rotatable bonds is 5. The van der Waals surface area contributed by atoms with E-state index in [9.17, 15) is 4.79 Å². The van der Waals surface area contributed by atoms with Gasteiger partial charge >= 0.3 is 5.97 Å². The van der Waals surface area contributed by atoms with Gasteiger partial charge in [0.05, 0.1) is 18.4 Å². The van der Waals surface area contributed by atoms with Crippen LogP contribution in [0.1, 0.15) is 13.8 Å². The van der Waals surface area contributed by atoms with E-state index in [1.54, 1.807) is 31.2 Å². The highest BCUT2D eigenvalue weighted by molar-refractivity contribution is 5.87. The quantitative estimate of drug-likeness (QED) is 0.332. The molecule has 16 heavy (non-hydrogen) atoms. The van der Waals surface area contributed by atoms with Crippen molar-refractivity contribution in [1.82, 2.24) is 0 Å². The molecule has 0 saturated heterocycles. The molecule has 0 aliphatic heterocycles. The first-order valence-electron chi connectivity index (χ1n) is 4.96. The Morgan fingerprint density at radius 2 is 2.00 bits per heavy atom. The highest BCUT2D eigenvalue weighted by Crippen LogP contribution is 2.09. The van der Waals surface area contributed by atoms with Crippen LogP contribution in [0.2, 0.25) is 0 Å². The zero-order valence-corrected chi connectivity index (χ0v) is 9.30. The molecule has 4 heteroatoms. The van der Waals surface area contributed by atoms with Crippen LogP contribution >= 0.6 is 0 Å². The van der Waals surface area contributed by atoms with Crippen molar-refractivity contribution in [2.75, 3.05) is 6.61 Å². The number of hydrogen-bond donors (Lipinski definition) is 0. The van der Waals surface area contributed by atoms with Crippen LogP contribution in [0.25, 0.3) is 0 Å². The summed E-state index contributed by atoms with van der Waals surface area (Å²) in [6, 6.07) is 8.79. The highest BCUT2D eigenvalue weighted by atomic mass is 17.2. The summed E-state index contributed by atoms with van der Waals surface area (Å²) in [6.45, 7) is 3.92. The standard InChI is InChI=1S/C12H14O4/c1-3-14-9-10(2)12(13)16-15-11-7-5-4-6-8-11/h4-9H,3H2,1-2H3. The summed E-state index contributed by atoms with van der Waals surface area (Å²) < 4.78 is 4.95. The van der Waals surface area contributed by atoms with Crippen molar-refractivity contribution in [3.8, 4) is 5.75 Å². The lowest BCUT2D eigenvalue weighted by Gasteiger charge is -2.04. The van der Waals surface area contributed by atoms with Gasteiger partial charge in [0.15, 0.2) is 5.75 Å². The monoisotopic (exact) mass is 222 g/mol. The van der Waals surface area contributed by atoms with E-state index in [0.29, 0.717) is 17.9 Å². The first-order chi connectivity index (χ1) is 7.74. The van der Waals surface area contributed by atoms with Crippen molar-refractivity contribution < 1.29 is 19.3 Å². The van der Waals surface area contributed by atoms with Gasteiger partial charge in [-0.25, -0.2) is 9.68 Å². The fourth-order valence-corrected chi connectivity index (χ4v) is 0.884. The third kappa shape index (κ3) is 4.04. The minimum absolute atomic E-state index is 0.345. The minimum Gasteiger partial charge on any atom is -0.501 e. The van der Waals surface area contributed by atoms with Crippen LogP contribution in [0.15, 0.2) is 42.2 Å². The van der Waals surface area contributed by atoms with Gasteiger partial charge < -0.3 is 4.74 Å². The van der Waals surface area contributed by atoms with E-state index < -0.39 is 5.97 Å². The second kappa shape index (κ2) is 6.50. The molecule has 0 radical (unpaired) electrons. The second-order valence-corrected chi connectivity index (χ2v) is 3.02. The molecule has 86 valence electrons. The van der Waals surface area contributed by atoms with E-state index in [2.05, 4.69) is 4.89 Å². The molecule has 1 rings (SSSR count). The molecule has 0 aliphatic rings. The molecular formula is C12H14O4. The third-order valence-electron chi connectivity index (χ3n) is 1.71. The summed E-state index contributed by atoms with van der Waals surface area (Å²) in [4.78, 5) is 20.7. The third-order valence-corrected chi connectivity index (χ3v) is 1.71. The Morgan fingerprint density at radius 3 is 2.62 bits per heavy atom. The van der Waals surface area contributed by atoms with E-state index in [4.69, 9.17) is 9.62 Å². The topological polar surface area (TPSA) is 44.8 Å². The number of para-hydroxylation sites is 1. The van der Waals surface area contributed by atoms with E-state index in [0.717, 1.165) is 0 Å². The molecule has 0 saturated carbocycles. The molecular weight excluding hydrogens is 208 g/mol. The smallest absolute Gasteiger partial charge is 0.384 e. The van der Waals surface area contributed by atoms with Gasteiger partial charge in [-0.3, -0.25) is 4.89 Å². The van der Waals surface area contributed by atoms with E-state index in [1.165, 1.54) is 6.26 Å². The molecule has 0 unspecified atom stereocenters. The van der Waals surface area contributed by atoms with Gasteiger partial charge in [-0.05, 0) is 26.0 Å². The largest absolute Gasteiger partial charge is 0.501 e. The Kier molecular flexibility index (Phi) is 4.92. The first-order valence-corrected chi connectivity index (χ1v) is 4.96. The lowest BCUT2D eigenvalue weighted by molar-refractivity contribution is -0.208. The van der Waals surface area contributed by atoms with Crippen LogP contribution in [-0.4, -0.2) is 12.6 Å². The van der Waals surface area contributed by atoms with E-state index >= 15 is 0 Å². The van der Waals surface area contributed by atoms with Gasteiger partial charge in [-0.2, -0.15) is 0 Å². The van der Waals surface area contributed by atoms with E-state index in [1.807, 2.05) is 13.0 Å². The van der Waals surface area contributed by atoms with Gasteiger partial charge in [-0.15, -0.1) is 0 Å². The number of carbonyl (C=O) groups excluding carboxylic acids is 1. The molecule has 0 aromatic heterocycles. The Bertz CT molecular complexity index is 357. The molecule has 4 nitrogen and oxygen atoms in total. The fraction of sp³-hybridized carbons (Fsp3) is 0.250. The summed E-state index contributed by atoms with van der Waals surface area (Å²) >= 11 is 0. The van der Waals surface area contributed by atoms with Crippen molar-refractivity contribution in [2.24, 2.45) is 0 Å². The van der Waals surface area contributed by atoms with Crippen molar-refractivity contribution in [2.45, 2.75) is 13.8 Å². The summed E-state index contributed by atoms with van der Waals surface area (Å²) in [5.41, 5.74) is 0.345. The van der Waals surface area contributed by atoms with Crippen molar-refractivity contribution >= 4 is 5.97 Å². The fourth-order valence-electron chi connectivity index (χ4n) is 0.884. The normalized spacial score (nSPS) is 10.8. The lowest BCUT2D eigenvalue weighted by atomic mass is 10.3. The minimum atomic E-state index is -0.572. The average molecular weight is 222 g/mol.